The zero-order valence-electron chi connectivity index (χ0n) is 12.3. The van der Waals surface area contributed by atoms with Gasteiger partial charge in [0.25, 0.3) is 0 Å². The van der Waals surface area contributed by atoms with Crippen LogP contribution < -0.4 is 0 Å². The van der Waals surface area contributed by atoms with Gasteiger partial charge in [-0.25, -0.2) is 14.2 Å². The average Bonchev–Trinajstić information content (AvgIpc) is 2.87. The number of halogens is 2. The molecule has 0 aliphatic carbocycles. The molecule has 2 aromatic heterocycles. The highest BCUT2D eigenvalue weighted by molar-refractivity contribution is 7.99. The number of hydrogen-bond donors (Lipinski definition) is 1. The Morgan fingerprint density at radius 3 is 2.87 bits per heavy atom. The molecule has 0 fully saturated rings. The molecule has 0 bridgehead atoms. The van der Waals surface area contributed by atoms with Gasteiger partial charge in [0.2, 0.25) is 0 Å². The van der Waals surface area contributed by atoms with E-state index in [0.717, 1.165) is 16.0 Å². The minimum absolute atomic E-state index is 0.0705. The number of ether oxygens (including phenoxy) is 1. The van der Waals surface area contributed by atoms with Crippen LogP contribution in [0.4, 0.5) is 4.39 Å². The molecule has 23 heavy (non-hydrogen) atoms. The molecule has 3 rings (SSSR count). The molecule has 3 aromatic rings. The first kappa shape index (κ1) is 15.8. The maximum absolute atomic E-state index is 14.1. The number of fused-ring (bicyclic) bond motifs is 1. The van der Waals surface area contributed by atoms with Crippen LogP contribution in [0, 0.1) is 12.7 Å². The Kier molecular flexibility index (Phi) is 4.28. The fraction of sp³-hybridized carbons (Fsp3) is 0.125. The second-order valence-corrected chi connectivity index (χ2v) is 6.26. The lowest BCUT2D eigenvalue weighted by atomic mass is 10.2. The van der Waals surface area contributed by atoms with Gasteiger partial charge in [-0.1, -0.05) is 29.4 Å². The van der Waals surface area contributed by atoms with Crippen LogP contribution in [0.15, 0.2) is 40.3 Å². The van der Waals surface area contributed by atoms with Gasteiger partial charge in [0.05, 0.1) is 17.6 Å². The van der Waals surface area contributed by atoms with Crippen LogP contribution in [0.5, 0.6) is 0 Å². The van der Waals surface area contributed by atoms with Crippen molar-refractivity contribution in [3.8, 4) is 0 Å². The van der Waals surface area contributed by atoms with E-state index in [-0.39, 0.29) is 10.7 Å². The number of carbonyl (C=O) groups excluding carboxylic acids is 1. The molecule has 0 radical (unpaired) electrons. The van der Waals surface area contributed by atoms with E-state index < -0.39 is 11.8 Å². The van der Waals surface area contributed by atoms with Crippen molar-refractivity contribution >= 4 is 40.2 Å². The predicted molar refractivity (Wildman–Crippen MR) is 87.7 cm³/mol. The summed E-state index contributed by atoms with van der Waals surface area (Å²) >= 11 is 7.16. The summed E-state index contributed by atoms with van der Waals surface area (Å²) in [4.78, 5) is 19.7. The quantitative estimate of drug-likeness (QED) is 0.701. The summed E-state index contributed by atoms with van der Waals surface area (Å²) in [5, 5.41) is 1.41. The Morgan fingerprint density at radius 1 is 1.35 bits per heavy atom. The van der Waals surface area contributed by atoms with Gasteiger partial charge < -0.3 is 9.72 Å². The summed E-state index contributed by atoms with van der Waals surface area (Å²) in [6, 6.07) is 8.37. The molecule has 0 saturated heterocycles. The number of pyridine rings is 1. The van der Waals surface area contributed by atoms with Crippen molar-refractivity contribution < 1.29 is 13.9 Å². The Balaban J connectivity index is 2.04. The number of carbonyl (C=O) groups is 1. The summed E-state index contributed by atoms with van der Waals surface area (Å²) in [7, 11) is 1.31. The van der Waals surface area contributed by atoms with E-state index in [1.54, 1.807) is 24.3 Å². The summed E-state index contributed by atoms with van der Waals surface area (Å²) in [6.45, 7) is 1.85. The minimum Gasteiger partial charge on any atom is -0.464 e. The Morgan fingerprint density at radius 2 is 2.13 bits per heavy atom. The minimum atomic E-state index is -0.499. The van der Waals surface area contributed by atoms with E-state index >= 15 is 0 Å². The van der Waals surface area contributed by atoms with Crippen molar-refractivity contribution in [2.24, 2.45) is 0 Å². The average molecular weight is 351 g/mol. The smallest absolute Gasteiger partial charge is 0.356 e. The third-order valence-corrected chi connectivity index (χ3v) is 4.78. The highest BCUT2D eigenvalue weighted by atomic mass is 35.5. The fourth-order valence-electron chi connectivity index (χ4n) is 2.23. The topological polar surface area (TPSA) is 55.0 Å². The number of aryl methyl sites for hydroxylation is 1. The molecule has 7 heteroatoms. The predicted octanol–water partition coefficient (Wildman–Crippen LogP) is 4.60. The molecular formula is C16H12ClFN2O2S. The summed E-state index contributed by atoms with van der Waals surface area (Å²) < 4.78 is 18.8. The molecule has 4 nitrogen and oxygen atoms in total. The fourth-order valence-corrected chi connectivity index (χ4v) is 3.38. The second-order valence-electron chi connectivity index (χ2n) is 4.82. The third kappa shape index (κ3) is 2.92. The van der Waals surface area contributed by atoms with E-state index in [9.17, 15) is 9.18 Å². The van der Waals surface area contributed by atoms with Crippen LogP contribution in [-0.4, -0.2) is 23.0 Å². The molecule has 0 atom stereocenters. The van der Waals surface area contributed by atoms with Gasteiger partial charge in [-0.2, -0.15) is 0 Å². The molecular weight excluding hydrogens is 339 g/mol. The first-order valence-electron chi connectivity index (χ1n) is 6.70. The van der Waals surface area contributed by atoms with Crippen LogP contribution in [0.1, 0.15) is 16.2 Å². The molecule has 0 aliphatic heterocycles. The highest BCUT2D eigenvalue weighted by Crippen LogP contribution is 2.37. The van der Waals surface area contributed by atoms with Crippen LogP contribution in [0.3, 0.4) is 0 Å². The first-order valence-corrected chi connectivity index (χ1v) is 7.90. The number of aromatic nitrogens is 2. The lowest BCUT2D eigenvalue weighted by Crippen LogP contribution is -2.04. The largest absolute Gasteiger partial charge is 0.464 e. The van der Waals surface area contributed by atoms with Gasteiger partial charge >= 0.3 is 5.97 Å². The highest BCUT2D eigenvalue weighted by Gasteiger charge is 2.16. The molecule has 2 heterocycles. The third-order valence-electron chi connectivity index (χ3n) is 3.32. The normalized spacial score (nSPS) is 11.0. The molecule has 0 aliphatic rings. The van der Waals surface area contributed by atoms with Gasteiger partial charge in [0.15, 0.2) is 5.82 Å². The molecule has 1 N–H and O–H groups in total. The Labute approximate surface area is 141 Å². The summed E-state index contributed by atoms with van der Waals surface area (Å²) in [5.41, 5.74) is 1.39. The van der Waals surface area contributed by atoms with Crippen LogP contribution in [0.2, 0.25) is 5.02 Å². The standard InChI is InChI=1S/C16H12ClFN2O2S/c1-8-15(9-6-7-10(17)13(18)14(9)19-8)23-12-5-3-4-11(20-12)16(21)22-2/h3-7,19H,1-2H3. The van der Waals surface area contributed by atoms with E-state index in [1.165, 1.54) is 24.9 Å². The number of nitrogens with one attached hydrogen (secondary N) is 1. The zero-order chi connectivity index (χ0) is 16.6. The van der Waals surface area contributed by atoms with E-state index in [2.05, 4.69) is 14.7 Å². The lowest BCUT2D eigenvalue weighted by Gasteiger charge is -2.04. The Hall–Kier alpha value is -2.05. The molecule has 118 valence electrons. The van der Waals surface area contributed by atoms with Gasteiger partial charge in [0, 0.05) is 16.0 Å². The number of aromatic amines is 1. The summed E-state index contributed by atoms with van der Waals surface area (Å²) in [6.07, 6.45) is 0. The van der Waals surface area contributed by atoms with E-state index in [0.29, 0.717) is 10.5 Å². The number of esters is 1. The molecule has 0 unspecified atom stereocenters. The van der Waals surface area contributed by atoms with E-state index in [1.807, 2.05) is 6.92 Å². The van der Waals surface area contributed by atoms with Crippen LogP contribution >= 0.6 is 23.4 Å². The van der Waals surface area contributed by atoms with Crippen LogP contribution in [-0.2, 0) is 4.74 Å². The van der Waals surface area contributed by atoms with Gasteiger partial charge in [-0.15, -0.1) is 0 Å². The monoisotopic (exact) mass is 350 g/mol. The van der Waals surface area contributed by atoms with Crippen molar-refractivity contribution in [1.29, 1.82) is 0 Å². The maximum Gasteiger partial charge on any atom is 0.356 e. The summed E-state index contributed by atoms with van der Waals surface area (Å²) in [5.74, 6) is -0.976. The van der Waals surface area contributed by atoms with Gasteiger partial charge in [-0.3, -0.25) is 0 Å². The van der Waals surface area contributed by atoms with Gasteiger partial charge in [-0.05, 0) is 31.2 Å². The number of hydrogen-bond acceptors (Lipinski definition) is 4. The number of H-pyrrole nitrogens is 1. The van der Waals surface area contributed by atoms with Crippen LogP contribution in [0.25, 0.3) is 10.9 Å². The van der Waals surface area contributed by atoms with Crippen molar-refractivity contribution in [2.45, 2.75) is 16.8 Å². The Bertz CT molecular complexity index is 910. The molecule has 0 spiro atoms. The molecule has 0 saturated carbocycles. The number of benzene rings is 1. The van der Waals surface area contributed by atoms with Crippen molar-refractivity contribution in [3.63, 3.8) is 0 Å². The number of rotatable bonds is 3. The van der Waals surface area contributed by atoms with Gasteiger partial charge in [0.1, 0.15) is 10.7 Å². The maximum atomic E-state index is 14.1. The molecule has 1 aromatic carbocycles. The second kappa shape index (κ2) is 6.22. The van der Waals surface area contributed by atoms with Crippen molar-refractivity contribution in [1.82, 2.24) is 9.97 Å². The number of nitrogens with zero attached hydrogens (tertiary/aromatic N) is 1. The molecule has 0 amide bonds. The lowest BCUT2D eigenvalue weighted by molar-refractivity contribution is 0.0593. The zero-order valence-corrected chi connectivity index (χ0v) is 13.9. The SMILES string of the molecule is COC(=O)c1cccc(Sc2c(C)[nH]c3c(F)c(Cl)ccc23)n1. The van der Waals surface area contributed by atoms with Crippen molar-refractivity contribution in [3.05, 3.63) is 52.6 Å². The van der Waals surface area contributed by atoms with Crippen molar-refractivity contribution in [2.75, 3.05) is 7.11 Å². The first-order chi connectivity index (χ1) is 11.0. The van der Waals surface area contributed by atoms with E-state index in [4.69, 9.17) is 11.6 Å². The number of methoxy groups -OCH3 is 1.